The molecular formula is C10H10FNO3S. The minimum absolute atomic E-state index is 0.0691. The summed E-state index contributed by atoms with van der Waals surface area (Å²) in [5.74, 6) is -0.612. The van der Waals surface area contributed by atoms with Crippen molar-refractivity contribution in [2.24, 2.45) is 0 Å². The maximum atomic E-state index is 13.3. The van der Waals surface area contributed by atoms with Crippen LogP contribution in [0.5, 0.6) is 0 Å². The fourth-order valence-corrected chi connectivity index (χ4v) is 3.25. The molecule has 0 spiro atoms. The van der Waals surface area contributed by atoms with Crippen molar-refractivity contribution in [3.05, 3.63) is 29.6 Å². The van der Waals surface area contributed by atoms with Crippen LogP contribution in [-0.2, 0) is 10.0 Å². The normalized spacial score (nSPS) is 18.7. The van der Waals surface area contributed by atoms with Crippen molar-refractivity contribution in [2.45, 2.75) is 6.42 Å². The van der Waals surface area contributed by atoms with Crippen LogP contribution in [0.2, 0.25) is 0 Å². The standard InChI is InChI=1S/C10H10FNO3S/c11-10-6-9(3-2-8(10)7-13)12-4-1-5-16(12,14)15/h2-3,6-7H,1,4-5H2. The van der Waals surface area contributed by atoms with Crippen molar-refractivity contribution in [3.8, 4) is 0 Å². The van der Waals surface area contributed by atoms with Crippen molar-refractivity contribution in [1.82, 2.24) is 0 Å². The molecule has 16 heavy (non-hydrogen) atoms. The van der Waals surface area contributed by atoms with Crippen LogP contribution >= 0.6 is 0 Å². The lowest BCUT2D eigenvalue weighted by atomic mass is 10.2. The quantitative estimate of drug-likeness (QED) is 0.733. The molecule has 1 heterocycles. The molecule has 6 heteroatoms. The van der Waals surface area contributed by atoms with Gasteiger partial charge in [0.1, 0.15) is 5.82 Å². The number of hydrogen-bond acceptors (Lipinski definition) is 3. The third-order valence-electron chi connectivity index (χ3n) is 2.50. The largest absolute Gasteiger partial charge is 0.298 e. The summed E-state index contributed by atoms with van der Waals surface area (Å²) in [6.07, 6.45) is 0.941. The molecule has 0 amide bonds. The minimum atomic E-state index is -3.30. The lowest BCUT2D eigenvalue weighted by Gasteiger charge is -2.16. The molecule has 1 aliphatic heterocycles. The lowest BCUT2D eigenvalue weighted by molar-refractivity contribution is 0.112. The second kappa shape index (κ2) is 3.86. The number of halogens is 1. The SMILES string of the molecule is O=Cc1ccc(N2CCCS2(=O)=O)cc1F. The monoisotopic (exact) mass is 243 g/mol. The Morgan fingerprint density at radius 1 is 1.38 bits per heavy atom. The average Bonchev–Trinajstić information content (AvgIpc) is 2.58. The molecule has 0 saturated carbocycles. The first-order chi connectivity index (χ1) is 7.54. The number of carbonyl (C=O) groups is 1. The number of nitrogens with zero attached hydrogens (tertiary/aromatic N) is 1. The maximum absolute atomic E-state index is 13.3. The van der Waals surface area contributed by atoms with Gasteiger partial charge < -0.3 is 0 Å². The van der Waals surface area contributed by atoms with Gasteiger partial charge in [0, 0.05) is 6.54 Å². The molecule has 0 radical (unpaired) electrons. The molecule has 0 bridgehead atoms. The van der Waals surface area contributed by atoms with E-state index in [4.69, 9.17) is 0 Å². The first-order valence-electron chi connectivity index (χ1n) is 4.80. The summed E-state index contributed by atoms with van der Waals surface area (Å²) in [6.45, 7) is 0.363. The number of aldehydes is 1. The molecule has 0 aliphatic carbocycles. The van der Waals surface area contributed by atoms with E-state index in [-0.39, 0.29) is 17.0 Å². The molecule has 1 fully saturated rings. The molecule has 1 aromatic carbocycles. The third-order valence-corrected chi connectivity index (χ3v) is 4.37. The number of anilines is 1. The van der Waals surface area contributed by atoms with Gasteiger partial charge in [0.2, 0.25) is 10.0 Å². The van der Waals surface area contributed by atoms with Gasteiger partial charge >= 0.3 is 0 Å². The Morgan fingerprint density at radius 3 is 2.62 bits per heavy atom. The number of sulfonamides is 1. The van der Waals surface area contributed by atoms with Crippen molar-refractivity contribution in [2.75, 3.05) is 16.6 Å². The van der Waals surface area contributed by atoms with E-state index in [0.29, 0.717) is 19.3 Å². The van der Waals surface area contributed by atoms with Gasteiger partial charge in [-0.05, 0) is 24.6 Å². The highest BCUT2D eigenvalue weighted by molar-refractivity contribution is 7.93. The molecule has 1 saturated heterocycles. The molecular weight excluding hydrogens is 233 g/mol. The highest BCUT2D eigenvalue weighted by Gasteiger charge is 2.28. The van der Waals surface area contributed by atoms with E-state index in [1.54, 1.807) is 0 Å². The number of benzene rings is 1. The number of hydrogen-bond donors (Lipinski definition) is 0. The molecule has 4 nitrogen and oxygen atoms in total. The predicted molar refractivity (Wildman–Crippen MR) is 57.5 cm³/mol. The molecule has 1 aromatic rings. The Labute approximate surface area is 92.7 Å². The Hall–Kier alpha value is -1.43. The van der Waals surface area contributed by atoms with Crippen molar-refractivity contribution < 1.29 is 17.6 Å². The molecule has 0 unspecified atom stereocenters. The van der Waals surface area contributed by atoms with Crippen LogP contribution in [0.15, 0.2) is 18.2 Å². The molecule has 0 aromatic heterocycles. The maximum Gasteiger partial charge on any atom is 0.235 e. The highest BCUT2D eigenvalue weighted by atomic mass is 32.2. The van der Waals surface area contributed by atoms with Crippen molar-refractivity contribution in [1.29, 1.82) is 0 Å². The van der Waals surface area contributed by atoms with Crippen molar-refractivity contribution >= 4 is 22.0 Å². The Balaban J connectivity index is 2.42. The van der Waals surface area contributed by atoms with Crippen LogP contribution in [0, 0.1) is 5.82 Å². The molecule has 1 aliphatic rings. The van der Waals surface area contributed by atoms with E-state index in [0.717, 1.165) is 6.07 Å². The zero-order valence-electron chi connectivity index (χ0n) is 8.39. The van der Waals surface area contributed by atoms with E-state index in [9.17, 15) is 17.6 Å². The van der Waals surface area contributed by atoms with Gasteiger partial charge in [-0.1, -0.05) is 0 Å². The third kappa shape index (κ3) is 1.80. The molecule has 0 N–H and O–H groups in total. The lowest BCUT2D eigenvalue weighted by Crippen LogP contribution is -2.25. The van der Waals surface area contributed by atoms with Crippen LogP contribution in [0.4, 0.5) is 10.1 Å². The predicted octanol–water partition coefficient (Wildman–Crippen LogP) is 1.18. The van der Waals surface area contributed by atoms with E-state index in [2.05, 4.69) is 0 Å². The van der Waals surface area contributed by atoms with Crippen LogP contribution in [-0.4, -0.2) is 27.0 Å². The minimum Gasteiger partial charge on any atom is -0.298 e. The fourth-order valence-electron chi connectivity index (χ4n) is 1.70. The van der Waals surface area contributed by atoms with Gasteiger partial charge in [-0.3, -0.25) is 9.10 Å². The Bertz CT molecular complexity index is 527. The van der Waals surface area contributed by atoms with Gasteiger partial charge in [-0.2, -0.15) is 0 Å². The topological polar surface area (TPSA) is 54.5 Å². The summed E-state index contributed by atoms with van der Waals surface area (Å²) in [6, 6.07) is 3.80. The summed E-state index contributed by atoms with van der Waals surface area (Å²) in [7, 11) is -3.30. The van der Waals surface area contributed by atoms with Crippen molar-refractivity contribution in [3.63, 3.8) is 0 Å². The van der Waals surface area contributed by atoms with Gasteiger partial charge in [0.25, 0.3) is 0 Å². The van der Waals surface area contributed by atoms with Gasteiger partial charge in [0.05, 0.1) is 17.0 Å². The highest BCUT2D eigenvalue weighted by Crippen LogP contribution is 2.25. The van der Waals surface area contributed by atoms with Gasteiger partial charge in [-0.15, -0.1) is 0 Å². The zero-order chi connectivity index (χ0) is 11.8. The molecule has 86 valence electrons. The van der Waals surface area contributed by atoms with Crippen LogP contribution in [0.3, 0.4) is 0 Å². The first kappa shape index (κ1) is 11.1. The Morgan fingerprint density at radius 2 is 2.12 bits per heavy atom. The summed E-state index contributed by atoms with van der Waals surface area (Å²) < 4.78 is 37.6. The van der Waals surface area contributed by atoms with E-state index in [1.165, 1.54) is 16.4 Å². The summed E-state index contributed by atoms with van der Waals surface area (Å²) >= 11 is 0. The zero-order valence-corrected chi connectivity index (χ0v) is 9.21. The van der Waals surface area contributed by atoms with E-state index >= 15 is 0 Å². The van der Waals surface area contributed by atoms with E-state index < -0.39 is 15.8 Å². The fraction of sp³-hybridized carbons (Fsp3) is 0.300. The van der Waals surface area contributed by atoms with Crippen LogP contribution in [0.1, 0.15) is 16.8 Å². The smallest absolute Gasteiger partial charge is 0.235 e. The summed E-state index contributed by atoms with van der Waals surface area (Å²) in [4.78, 5) is 10.4. The Kier molecular flexibility index (Phi) is 2.67. The van der Waals surface area contributed by atoms with Crippen LogP contribution in [0.25, 0.3) is 0 Å². The van der Waals surface area contributed by atoms with Crippen LogP contribution < -0.4 is 4.31 Å². The van der Waals surface area contributed by atoms with Gasteiger partial charge in [-0.25, -0.2) is 12.8 Å². The molecule has 2 rings (SSSR count). The second-order valence-electron chi connectivity index (χ2n) is 3.57. The van der Waals surface area contributed by atoms with E-state index in [1.807, 2.05) is 0 Å². The number of carbonyl (C=O) groups excluding carboxylic acids is 1. The average molecular weight is 243 g/mol. The summed E-state index contributed by atoms with van der Waals surface area (Å²) in [5.41, 5.74) is 0.209. The first-order valence-corrected chi connectivity index (χ1v) is 6.40. The summed E-state index contributed by atoms with van der Waals surface area (Å²) in [5, 5.41) is 0. The molecule has 0 atom stereocenters. The number of rotatable bonds is 2. The van der Waals surface area contributed by atoms with Gasteiger partial charge in [0.15, 0.2) is 6.29 Å². The second-order valence-corrected chi connectivity index (χ2v) is 5.58.